The Labute approximate surface area is 119 Å². The largest absolute Gasteiger partial charge is 0.444 e. The first-order valence-electron chi connectivity index (χ1n) is 7.61. The summed E-state index contributed by atoms with van der Waals surface area (Å²) in [6, 6.07) is 8.88. The standard InChI is InChI=1S/C17H20N2O/c1-2-18-10-15-19-9-14(20-15)17-13-8-7-11-5-3-4-6-12(11)16(13)17/h3-6,9,13,16-18H,2,7-8,10H2,1H3. The van der Waals surface area contributed by atoms with Gasteiger partial charge in [0.15, 0.2) is 0 Å². The lowest BCUT2D eigenvalue weighted by molar-refractivity contribution is 0.434. The van der Waals surface area contributed by atoms with Crippen molar-refractivity contribution in [2.24, 2.45) is 5.92 Å². The molecule has 3 unspecified atom stereocenters. The molecule has 1 N–H and O–H groups in total. The first-order chi connectivity index (χ1) is 9.88. The van der Waals surface area contributed by atoms with Gasteiger partial charge >= 0.3 is 0 Å². The second-order valence-corrected chi connectivity index (χ2v) is 5.89. The Hall–Kier alpha value is -1.61. The average Bonchev–Trinajstić information content (AvgIpc) is 3.06. The van der Waals surface area contributed by atoms with Crippen molar-refractivity contribution in [3.05, 3.63) is 53.2 Å². The van der Waals surface area contributed by atoms with Crippen LogP contribution < -0.4 is 5.32 Å². The van der Waals surface area contributed by atoms with Gasteiger partial charge in [0.25, 0.3) is 0 Å². The van der Waals surface area contributed by atoms with Crippen molar-refractivity contribution in [2.75, 3.05) is 6.54 Å². The fraction of sp³-hybridized carbons (Fsp3) is 0.471. The van der Waals surface area contributed by atoms with E-state index in [9.17, 15) is 0 Å². The Morgan fingerprint density at radius 1 is 1.30 bits per heavy atom. The Kier molecular flexibility index (Phi) is 2.88. The van der Waals surface area contributed by atoms with Crippen LogP contribution in [0.2, 0.25) is 0 Å². The normalized spacial score (nSPS) is 26.9. The van der Waals surface area contributed by atoms with Gasteiger partial charge < -0.3 is 9.73 Å². The maximum Gasteiger partial charge on any atom is 0.208 e. The summed E-state index contributed by atoms with van der Waals surface area (Å²) in [7, 11) is 0. The number of rotatable bonds is 4. The van der Waals surface area contributed by atoms with Crippen molar-refractivity contribution in [2.45, 2.75) is 38.1 Å². The van der Waals surface area contributed by atoms with Crippen LogP contribution in [-0.4, -0.2) is 11.5 Å². The van der Waals surface area contributed by atoms with Crippen molar-refractivity contribution in [3.8, 4) is 0 Å². The molecule has 0 bridgehead atoms. The molecule has 0 aliphatic heterocycles. The molecule has 1 heterocycles. The lowest BCUT2D eigenvalue weighted by Crippen LogP contribution is -2.11. The summed E-state index contributed by atoms with van der Waals surface area (Å²) in [5.41, 5.74) is 3.07. The van der Waals surface area contributed by atoms with Crippen LogP contribution in [0.25, 0.3) is 0 Å². The number of aromatic nitrogens is 1. The third kappa shape index (κ3) is 1.88. The Morgan fingerprint density at radius 3 is 3.10 bits per heavy atom. The van der Waals surface area contributed by atoms with Crippen LogP contribution in [0.1, 0.15) is 48.0 Å². The number of hydrogen-bond acceptors (Lipinski definition) is 3. The summed E-state index contributed by atoms with van der Waals surface area (Å²) >= 11 is 0. The van der Waals surface area contributed by atoms with Crippen LogP contribution in [0, 0.1) is 5.92 Å². The minimum absolute atomic E-state index is 0.557. The molecule has 1 aromatic carbocycles. The number of fused-ring (bicyclic) bond motifs is 3. The molecular weight excluding hydrogens is 248 g/mol. The fourth-order valence-corrected chi connectivity index (χ4v) is 3.75. The summed E-state index contributed by atoms with van der Waals surface area (Å²) in [4.78, 5) is 4.40. The maximum absolute atomic E-state index is 5.94. The molecule has 104 valence electrons. The molecular formula is C17H20N2O. The number of nitrogens with one attached hydrogen (secondary N) is 1. The van der Waals surface area contributed by atoms with Crippen molar-refractivity contribution < 1.29 is 4.42 Å². The fourth-order valence-electron chi connectivity index (χ4n) is 3.75. The van der Waals surface area contributed by atoms with Crippen LogP contribution in [-0.2, 0) is 13.0 Å². The minimum atomic E-state index is 0.557. The molecule has 0 spiro atoms. The van der Waals surface area contributed by atoms with Gasteiger partial charge in [0.2, 0.25) is 5.89 Å². The first-order valence-corrected chi connectivity index (χ1v) is 7.61. The molecule has 1 aromatic heterocycles. The van der Waals surface area contributed by atoms with E-state index in [2.05, 4.69) is 41.5 Å². The van der Waals surface area contributed by atoms with E-state index in [1.54, 1.807) is 5.56 Å². The monoisotopic (exact) mass is 268 g/mol. The topological polar surface area (TPSA) is 38.1 Å². The molecule has 1 fully saturated rings. The van der Waals surface area contributed by atoms with E-state index < -0.39 is 0 Å². The van der Waals surface area contributed by atoms with Crippen molar-refractivity contribution in [3.63, 3.8) is 0 Å². The van der Waals surface area contributed by atoms with E-state index in [1.807, 2.05) is 6.20 Å². The summed E-state index contributed by atoms with van der Waals surface area (Å²) < 4.78 is 5.94. The summed E-state index contributed by atoms with van der Waals surface area (Å²) in [6.45, 7) is 3.77. The van der Waals surface area contributed by atoms with Gasteiger partial charge in [-0.25, -0.2) is 4.98 Å². The molecule has 0 radical (unpaired) electrons. The SMILES string of the molecule is CCNCc1ncc(C2C3CCc4ccccc4C32)o1. The van der Waals surface area contributed by atoms with Crippen LogP contribution in [0.5, 0.6) is 0 Å². The zero-order chi connectivity index (χ0) is 13.5. The summed E-state index contributed by atoms with van der Waals surface area (Å²) in [6.07, 6.45) is 4.44. The molecule has 20 heavy (non-hydrogen) atoms. The molecule has 3 nitrogen and oxygen atoms in total. The highest BCUT2D eigenvalue weighted by Gasteiger charge is 2.55. The number of nitrogens with zero attached hydrogens (tertiary/aromatic N) is 1. The van der Waals surface area contributed by atoms with Crippen LogP contribution >= 0.6 is 0 Å². The van der Waals surface area contributed by atoms with Crippen LogP contribution in [0.15, 0.2) is 34.9 Å². The van der Waals surface area contributed by atoms with Gasteiger partial charge in [-0.2, -0.15) is 0 Å². The van der Waals surface area contributed by atoms with Crippen LogP contribution in [0.4, 0.5) is 0 Å². The number of hydrogen-bond donors (Lipinski definition) is 1. The number of oxazole rings is 1. The second kappa shape index (κ2) is 4.74. The van der Waals surface area contributed by atoms with Gasteiger partial charge in [-0.05, 0) is 42.3 Å². The molecule has 1 saturated carbocycles. The number of benzene rings is 1. The Morgan fingerprint density at radius 2 is 2.20 bits per heavy atom. The Bertz CT molecular complexity index is 619. The lowest BCUT2D eigenvalue weighted by Gasteiger charge is -2.13. The van der Waals surface area contributed by atoms with Gasteiger partial charge in [0.1, 0.15) is 5.76 Å². The first kappa shape index (κ1) is 12.2. The van der Waals surface area contributed by atoms with Gasteiger partial charge in [-0.3, -0.25) is 0 Å². The summed E-state index contributed by atoms with van der Waals surface area (Å²) in [5, 5.41) is 3.26. The van der Waals surface area contributed by atoms with E-state index in [-0.39, 0.29) is 0 Å². The molecule has 0 amide bonds. The van der Waals surface area contributed by atoms with Crippen molar-refractivity contribution in [1.29, 1.82) is 0 Å². The van der Waals surface area contributed by atoms with Gasteiger partial charge in [0, 0.05) is 5.92 Å². The predicted molar refractivity (Wildman–Crippen MR) is 77.6 cm³/mol. The van der Waals surface area contributed by atoms with E-state index >= 15 is 0 Å². The molecule has 3 heteroatoms. The predicted octanol–water partition coefficient (Wildman–Crippen LogP) is 3.23. The highest BCUT2D eigenvalue weighted by atomic mass is 16.4. The van der Waals surface area contributed by atoms with Gasteiger partial charge in [-0.1, -0.05) is 31.2 Å². The van der Waals surface area contributed by atoms with Crippen molar-refractivity contribution >= 4 is 0 Å². The smallest absolute Gasteiger partial charge is 0.208 e. The van der Waals surface area contributed by atoms with Crippen LogP contribution in [0.3, 0.4) is 0 Å². The third-order valence-electron chi connectivity index (χ3n) is 4.76. The van der Waals surface area contributed by atoms with Crippen molar-refractivity contribution in [1.82, 2.24) is 10.3 Å². The minimum Gasteiger partial charge on any atom is -0.444 e. The zero-order valence-electron chi connectivity index (χ0n) is 11.8. The number of aryl methyl sites for hydroxylation is 1. The zero-order valence-corrected chi connectivity index (χ0v) is 11.8. The quantitative estimate of drug-likeness (QED) is 0.925. The maximum atomic E-state index is 5.94. The molecule has 0 saturated heterocycles. The van der Waals surface area contributed by atoms with Gasteiger partial charge in [-0.15, -0.1) is 0 Å². The molecule has 4 rings (SSSR count). The lowest BCUT2D eigenvalue weighted by atomic mass is 9.92. The average molecular weight is 268 g/mol. The summed E-state index contributed by atoms with van der Waals surface area (Å²) in [5.74, 6) is 3.90. The second-order valence-electron chi connectivity index (χ2n) is 5.89. The third-order valence-corrected chi connectivity index (χ3v) is 4.76. The van der Waals surface area contributed by atoms with Gasteiger partial charge in [0.05, 0.1) is 12.7 Å². The highest BCUT2D eigenvalue weighted by Crippen LogP contribution is 2.65. The molecule has 2 aliphatic carbocycles. The van der Waals surface area contributed by atoms with E-state index in [4.69, 9.17) is 4.42 Å². The van der Waals surface area contributed by atoms with E-state index in [1.165, 1.54) is 18.4 Å². The molecule has 3 atom stereocenters. The Balaban J connectivity index is 1.56. The molecule has 2 aromatic rings. The van der Waals surface area contributed by atoms with E-state index in [0.29, 0.717) is 11.8 Å². The highest BCUT2D eigenvalue weighted by molar-refractivity contribution is 5.43. The molecule has 2 aliphatic rings. The van der Waals surface area contributed by atoms with E-state index in [0.717, 1.165) is 30.7 Å².